The smallest absolute Gasteiger partial charge is 0.123 e. The van der Waals surface area contributed by atoms with Gasteiger partial charge in [0.15, 0.2) is 0 Å². The van der Waals surface area contributed by atoms with Crippen molar-refractivity contribution in [2.75, 3.05) is 12.5 Å². The van der Waals surface area contributed by atoms with E-state index in [-0.39, 0.29) is 5.82 Å². The number of halogens is 2. The minimum absolute atomic E-state index is 0.253. The molecule has 0 fully saturated rings. The summed E-state index contributed by atoms with van der Waals surface area (Å²) in [6, 6.07) is 4.50. The highest BCUT2D eigenvalue weighted by molar-refractivity contribution is 6.17. The molecule has 1 aromatic rings. The van der Waals surface area contributed by atoms with E-state index in [2.05, 4.69) is 6.58 Å². The molecule has 0 radical (unpaired) electrons. The summed E-state index contributed by atoms with van der Waals surface area (Å²) in [5.41, 5.74) is 0.819. The molecular formula is C12H14ClFO. The average molecular weight is 229 g/mol. The molecule has 1 aromatic carbocycles. The van der Waals surface area contributed by atoms with Gasteiger partial charge < -0.3 is 4.74 Å². The molecule has 0 N–H and O–H groups in total. The van der Waals surface area contributed by atoms with E-state index < -0.39 is 0 Å². The summed E-state index contributed by atoms with van der Waals surface area (Å²) in [6.07, 6.45) is 3.11. The van der Waals surface area contributed by atoms with Crippen LogP contribution >= 0.6 is 11.6 Å². The van der Waals surface area contributed by atoms with Crippen LogP contribution in [-0.4, -0.2) is 12.5 Å². The summed E-state index contributed by atoms with van der Waals surface area (Å²) in [7, 11) is 0. The van der Waals surface area contributed by atoms with Gasteiger partial charge in [-0.1, -0.05) is 6.08 Å². The fourth-order valence-electron chi connectivity index (χ4n) is 1.24. The van der Waals surface area contributed by atoms with Gasteiger partial charge in [0.05, 0.1) is 6.61 Å². The molecule has 0 saturated heterocycles. The zero-order valence-electron chi connectivity index (χ0n) is 8.51. The van der Waals surface area contributed by atoms with Gasteiger partial charge in [0.2, 0.25) is 0 Å². The summed E-state index contributed by atoms with van der Waals surface area (Å²) in [5.74, 6) is 1.02. The van der Waals surface area contributed by atoms with Crippen molar-refractivity contribution in [3.8, 4) is 5.75 Å². The zero-order chi connectivity index (χ0) is 11.1. The van der Waals surface area contributed by atoms with Crippen LogP contribution in [-0.2, 0) is 6.42 Å². The van der Waals surface area contributed by atoms with Gasteiger partial charge in [0, 0.05) is 11.4 Å². The van der Waals surface area contributed by atoms with Gasteiger partial charge >= 0.3 is 0 Å². The minimum Gasteiger partial charge on any atom is -0.493 e. The van der Waals surface area contributed by atoms with Crippen molar-refractivity contribution in [2.24, 2.45) is 0 Å². The van der Waals surface area contributed by atoms with E-state index in [1.807, 2.05) is 0 Å². The van der Waals surface area contributed by atoms with Crippen LogP contribution < -0.4 is 4.74 Å². The highest BCUT2D eigenvalue weighted by Crippen LogP contribution is 2.20. The average Bonchev–Trinajstić information content (AvgIpc) is 2.22. The van der Waals surface area contributed by atoms with Crippen LogP contribution in [0.25, 0.3) is 0 Å². The van der Waals surface area contributed by atoms with Gasteiger partial charge in [-0.2, -0.15) is 0 Å². The predicted molar refractivity (Wildman–Crippen MR) is 61.1 cm³/mol. The normalized spacial score (nSPS) is 10.0. The van der Waals surface area contributed by atoms with Crippen molar-refractivity contribution in [1.82, 2.24) is 0 Å². The first-order chi connectivity index (χ1) is 7.27. The summed E-state index contributed by atoms with van der Waals surface area (Å²) in [5, 5.41) is 0. The Balaban J connectivity index is 2.71. The first-order valence-corrected chi connectivity index (χ1v) is 5.39. The fraction of sp³-hybridized carbons (Fsp3) is 0.333. The van der Waals surface area contributed by atoms with Crippen LogP contribution in [0.2, 0.25) is 0 Å². The van der Waals surface area contributed by atoms with Crippen molar-refractivity contribution < 1.29 is 9.13 Å². The first-order valence-electron chi connectivity index (χ1n) is 4.86. The Morgan fingerprint density at radius 1 is 1.47 bits per heavy atom. The lowest BCUT2D eigenvalue weighted by atomic mass is 10.1. The van der Waals surface area contributed by atoms with Crippen LogP contribution in [0.5, 0.6) is 5.75 Å². The molecule has 0 aromatic heterocycles. The fourth-order valence-corrected chi connectivity index (χ4v) is 1.35. The molecule has 0 unspecified atom stereocenters. The second-order valence-electron chi connectivity index (χ2n) is 3.14. The molecule has 1 rings (SSSR count). The van der Waals surface area contributed by atoms with Gasteiger partial charge in [-0.3, -0.25) is 0 Å². The highest BCUT2D eigenvalue weighted by Gasteiger charge is 2.03. The Labute approximate surface area is 94.5 Å². The third kappa shape index (κ3) is 3.92. The molecule has 82 valence electrons. The van der Waals surface area contributed by atoms with E-state index >= 15 is 0 Å². The molecule has 0 aliphatic heterocycles. The van der Waals surface area contributed by atoms with Gasteiger partial charge in [0.1, 0.15) is 11.6 Å². The van der Waals surface area contributed by atoms with Crippen LogP contribution in [0.15, 0.2) is 30.9 Å². The molecule has 0 atom stereocenters. The summed E-state index contributed by atoms with van der Waals surface area (Å²) in [4.78, 5) is 0. The van der Waals surface area contributed by atoms with Crippen LogP contribution in [0, 0.1) is 5.82 Å². The second-order valence-corrected chi connectivity index (χ2v) is 3.51. The molecule has 0 amide bonds. The van der Waals surface area contributed by atoms with Gasteiger partial charge in [-0.05, 0) is 31.0 Å². The maximum Gasteiger partial charge on any atom is 0.123 e. The quantitative estimate of drug-likeness (QED) is 0.411. The third-order valence-electron chi connectivity index (χ3n) is 1.92. The Kier molecular flexibility index (Phi) is 5.19. The molecule has 0 spiro atoms. The van der Waals surface area contributed by atoms with Crippen LogP contribution in [0.3, 0.4) is 0 Å². The molecular weight excluding hydrogens is 215 g/mol. The summed E-state index contributed by atoms with van der Waals surface area (Å²) < 4.78 is 18.4. The molecule has 0 aliphatic carbocycles. The summed E-state index contributed by atoms with van der Waals surface area (Å²) >= 11 is 5.54. The molecule has 15 heavy (non-hydrogen) atoms. The van der Waals surface area contributed by atoms with E-state index in [0.29, 0.717) is 24.7 Å². The molecule has 0 saturated carbocycles. The molecule has 0 aliphatic rings. The van der Waals surface area contributed by atoms with E-state index in [0.717, 1.165) is 12.0 Å². The highest BCUT2D eigenvalue weighted by atomic mass is 35.5. The van der Waals surface area contributed by atoms with Crippen molar-refractivity contribution >= 4 is 11.6 Å². The van der Waals surface area contributed by atoms with E-state index in [9.17, 15) is 4.39 Å². The Bertz CT molecular complexity index is 325. The lowest BCUT2D eigenvalue weighted by Crippen LogP contribution is -2.00. The lowest BCUT2D eigenvalue weighted by molar-refractivity contribution is 0.315. The third-order valence-corrected chi connectivity index (χ3v) is 2.19. The zero-order valence-corrected chi connectivity index (χ0v) is 9.27. The number of allylic oxidation sites excluding steroid dienone is 1. The topological polar surface area (TPSA) is 9.23 Å². The summed E-state index contributed by atoms with van der Waals surface area (Å²) in [6.45, 7) is 4.18. The van der Waals surface area contributed by atoms with E-state index in [4.69, 9.17) is 16.3 Å². The molecule has 0 bridgehead atoms. The number of hydrogen-bond donors (Lipinski definition) is 0. The maximum atomic E-state index is 12.9. The Morgan fingerprint density at radius 2 is 2.27 bits per heavy atom. The van der Waals surface area contributed by atoms with E-state index in [1.54, 1.807) is 12.1 Å². The monoisotopic (exact) mass is 228 g/mol. The van der Waals surface area contributed by atoms with Crippen molar-refractivity contribution in [2.45, 2.75) is 12.8 Å². The van der Waals surface area contributed by atoms with Crippen molar-refractivity contribution in [1.29, 1.82) is 0 Å². The van der Waals surface area contributed by atoms with Crippen LogP contribution in [0.1, 0.15) is 12.0 Å². The standard InChI is InChI=1S/C12H14ClFO/c1-2-4-10-9-11(14)5-6-12(10)15-8-3-7-13/h2,5-6,9H,1,3-4,7-8H2. The number of hydrogen-bond acceptors (Lipinski definition) is 1. The minimum atomic E-state index is -0.253. The Hall–Kier alpha value is -1.02. The first kappa shape index (κ1) is 12.1. The van der Waals surface area contributed by atoms with Crippen LogP contribution in [0.4, 0.5) is 4.39 Å². The van der Waals surface area contributed by atoms with E-state index in [1.165, 1.54) is 12.1 Å². The number of ether oxygens (including phenoxy) is 1. The Morgan fingerprint density at radius 3 is 2.93 bits per heavy atom. The number of rotatable bonds is 6. The second kappa shape index (κ2) is 6.46. The lowest BCUT2D eigenvalue weighted by Gasteiger charge is -2.09. The SMILES string of the molecule is C=CCc1cc(F)ccc1OCCCCl. The largest absolute Gasteiger partial charge is 0.493 e. The van der Waals surface area contributed by atoms with Gasteiger partial charge in [-0.25, -0.2) is 4.39 Å². The predicted octanol–water partition coefficient (Wildman–Crippen LogP) is 3.56. The van der Waals surface area contributed by atoms with Gasteiger partial charge in [-0.15, -0.1) is 18.2 Å². The van der Waals surface area contributed by atoms with Gasteiger partial charge in [0.25, 0.3) is 0 Å². The maximum absolute atomic E-state index is 12.9. The molecule has 1 nitrogen and oxygen atoms in total. The molecule has 0 heterocycles. The van der Waals surface area contributed by atoms with Crippen molar-refractivity contribution in [3.05, 3.63) is 42.2 Å². The molecule has 3 heteroatoms. The number of benzene rings is 1. The number of alkyl halides is 1. The van der Waals surface area contributed by atoms with Crippen molar-refractivity contribution in [3.63, 3.8) is 0 Å².